The van der Waals surface area contributed by atoms with Crippen molar-refractivity contribution in [1.82, 2.24) is 0 Å². The molecule has 2 bridgehead atoms. The third kappa shape index (κ3) is 2.30. The first kappa shape index (κ1) is 20.5. The van der Waals surface area contributed by atoms with Gasteiger partial charge in [0.2, 0.25) is 11.8 Å². The first-order chi connectivity index (χ1) is 16.5. The summed E-state index contributed by atoms with van der Waals surface area (Å²) in [5, 5.41) is 0. The molecular weight excluding hydrogens is 430 g/mol. The van der Waals surface area contributed by atoms with Gasteiger partial charge in [-0.3, -0.25) is 14.4 Å². The van der Waals surface area contributed by atoms with E-state index in [9.17, 15) is 19.2 Å². The van der Waals surface area contributed by atoms with Crippen molar-refractivity contribution in [2.24, 2.45) is 11.8 Å². The first-order valence-electron chi connectivity index (χ1n) is 11.2. The summed E-state index contributed by atoms with van der Waals surface area (Å²) in [6.45, 7) is 1.42. The number of Topliss-reactive ketones (excluding diaryl/α,β-unsaturated/α-hetero) is 1. The number of nitrogens with zero attached hydrogens (tertiary/aromatic N) is 1. The van der Waals surface area contributed by atoms with Gasteiger partial charge in [0.05, 0.1) is 30.0 Å². The molecule has 6 heteroatoms. The molecule has 0 radical (unpaired) electrons. The Bertz CT molecular complexity index is 1380. The van der Waals surface area contributed by atoms with E-state index in [0.29, 0.717) is 11.3 Å². The minimum Gasteiger partial charge on any atom is -0.495 e. The number of imide groups is 1. The molecule has 0 aromatic heterocycles. The number of carbonyl (C=O) groups is 4. The minimum atomic E-state index is -1.26. The topological polar surface area (TPSA) is 80.8 Å². The van der Waals surface area contributed by atoms with Crippen molar-refractivity contribution >= 4 is 29.6 Å². The van der Waals surface area contributed by atoms with Gasteiger partial charge in [0.15, 0.2) is 5.78 Å². The van der Waals surface area contributed by atoms with Crippen LogP contribution in [-0.2, 0) is 19.8 Å². The fraction of sp³-hybridized carbons (Fsp3) is 0.214. The van der Waals surface area contributed by atoms with Crippen molar-refractivity contribution in [3.63, 3.8) is 0 Å². The Hall–Kier alpha value is -4.06. The summed E-state index contributed by atoms with van der Waals surface area (Å²) >= 11 is 0. The molecule has 1 saturated heterocycles. The first-order valence-corrected chi connectivity index (χ1v) is 11.2. The number of ketones is 1. The quantitative estimate of drug-likeness (QED) is 0.344. The number of hydrogen-bond acceptors (Lipinski definition) is 5. The molecule has 1 heterocycles. The van der Waals surface area contributed by atoms with Crippen molar-refractivity contribution in [1.29, 1.82) is 0 Å². The number of amides is 2. The van der Waals surface area contributed by atoms with Gasteiger partial charge in [0, 0.05) is 11.5 Å². The number of carbonyl (C=O) groups excluding carboxylic acids is 4. The van der Waals surface area contributed by atoms with E-state index in [2.05, 4.69) is 0 Å². The third-order valence-corrected chi connectivity index (χ3v) is 7.70. The van der Waals surface area contributed by atoms with Crippen LogP contribution in [0.15, 0.2) is 66.7 Å². The Kier molecular flexibility index (Phi) is 4.21. The molecule has 3 aromatic carbocycles. The van der Waals surface area contributed by atoms with Gasteiger partial charge in [-0.2, -0.15) is 0 Å². The predicted molar refractivity (Wildman–Crippen MR) is 124 cm³/mol. The van der Waals surface area contributed by atoms with Crippen molar-refractivity contribution in [2.75, 3.05) is 12.0 Å². The molecule has 6 nitrogen and oxygen atoms in total. The van der Waals surface area contributed by atoms with Crippen LogP contribution in [0.2, 0.25) is 0 Å². The summed E-state index contributed by atoms with van der Waals surface area (Å²) in [6, 6.07) is 19.9. The highest BCUT2D eigenvalue weighted by atomic mass is 16.5. The van der Waals surface area contributed by atoms with E-state index in [1.807, 2.05) is 48.5 Å². The van der Waals surface area contributed by atoms with Crippen LogP contribution in [0.5, 0.6) is 5.75 Å². The molecule has 0 saturated carbocycles. The molecule has 3 aliphatic carbocycles. The molecule has 1 fully saturated rings. The Morgan fingerprint density at radius 1 is 0.941 bits per heavy atom. The second kappa shape index (κ2) is 6.97. The summed E-state index contributed by atoms with van der Waals surface area (Å²) in [7, 11) is 1.45. The molecule has 0 spiro atoms. The van der Waals surface area contributed by atoms with Crippen LogP contribution in [0.25, 0.3) is 0 Å². The maximum atomic E-state index is 14.1. The molecule has 3 aromatic rings. The number of aldehydes is 1. The molecule has 0 unspecified atom stereocenters. The average Bonchev–Trinajstić information content (AvgIpc) is 3.14. The van der Waals surface area contributed by atoms with E-state index in [1.54, 1.807) is 12.1 Å². The van der Waals surface area contributed by atoms with Crippen LogP contribution in [-0.4, -0.2) is 31.0 Å². The van der Waals surface area contributed by atoms with Crippen molar-refractivity contribution in [3.05, 3.63) is 94.5 Å². The molecule has 0 N–H and O–H groups in total. The standard InChI is InChI=1S/C28H21NO5/c1-15(31)16-11-12-22(34-2)21(13-16)29-26(32)24-23-17-7-3-5-9-19(17)28(14-30,25(24)27(29)33)20-10-6-4-8-18(20)23/h3-14,23-25H,1-2H3/t23?,24-,25+,28?/m1/s1. The van der Waals surface area contributed by atoms with Gasteiger partial charge in [-0.15, -0.1) is 0 Å². The molecule has 7 rings (SSSR count). The van der Waals surface area contributed by atoms with Gasteiger partial charge in [-0.05, 0) is 47.4 Å². The maximum absolute atomic E-state index is 14.1. The van der Waals surface area contributed by atoms with Crippen molar-refractivity contribution in [3.8, 4) is 5.75 Å². The van der Waals surface area contributed by atoms with Crippen LogP contribution in [0.1, 0.15) is 45.5 Å². The lowest BCUT2D eigenvalue weighted by molar-refractivity contribution is -0.128. The fourth-order valence-electron chi connectivity index (χ4n) is 6.35. The lowest BCUT2D eigenvalue weighted by Crippen LogP contribution is -2.54. The predicted octanol–water partition coefficient (Wildman–Crippen LogP) is 3.65. The van der Waals surface area contributed by atoms with Crippen LogP contribution >= 0.6 is 0 Å². The smallest absolute Gasteiger partial charge is 0.239 e. The fourth-order valence-corrected chi connectivity index (χ4v) is 6.35. The zero-order valence-corrected chi connectivity index (χ0v) is 18.6. The molecule has 168 valence electrons. The lowest BCUT2D eigenvalue weighted by atomic mass is 9.48. The SMILES string of the molecule is COc1ccc(C(C)=O)cc1N1C(=O)[C@@H]2C3c4ccccc4C(C=O)(c4ccccc43)[C@@H]2C1=O. The lowest BCUT2D eigenvalue weighted by Gasteiger charge is -2.51. The van der Waals surface area contributed by atoms with Crippen LogP contribution in [0.4, 0.5) is 5.69 Å². The molecule has 1 aliphatic heterocycles. The van der Waals surface area contributed by atoms with Crippen LogP contribution < -0.4 is 9.64 Å². The van der Waals surface area contributed by atoms with E-state index in [1.165, 1.54) is 20.1 Å². The maximum Gasteiger partial charge on any atom is 0.239 e. The molecular formula is C28H21NO5. The van der Waals surface area contributed by atoms with Crippen LogP contribution in [0, 0.1) is 11.8 Å². The Labute approximate surface area is 196 Å². The molecule has 4 aliphatic rings. The third-order valence-electron chi connectivity index (χ3n) is 7.70. The van der Waals surface area contributed by atoms with Gasteiger partial charge in [0.1, 0.15) is 12.0 Å². The Morgan fingerprint density at radius 3 is 2.12 bits per heavy atom. The van der Waals surface area contributed by atoms with E-state index in [-0.39, 0.29) is 23.3 Å². The second-order valence-electron chi connectivity index (χ2n) is 9.10. The Morgan fingerprint density at radius 2 is 1.56 bits per heavy atom. The highest BCUT2D eigenvalue weighted by Crippen LogP contribution is 2.63. The van der Waals surface area contributed by atoms with Gasteiger partial charge in [0.25, 0.3) is 0 Å². The van der Waals surface area contributed by atoms with Gasteiger partial charge >= 0.3 is 0 Å². The second-order valence-corrected chi connectivity index (χ2v) is 9.10. The van der Waals surface area contributed by atoms with Crippen LogP contribution in [0.3, 0.4) is 0 Å². The number of benzene rings is 3. The van der Waals surface area contributed by atoms with E-state index >= 15 is 0 Å². The zero-order valence-electron chi connectivity index (χ0n) is 18.6. The summed E-state index contributed by atoms with van der Waals surface area (Å²) < 4.78 is 5.46. The van der Waals surface area contributed by atoms with Crippen molar-refractivity contribution < 1.29 is 23.9 Å². The van der Waals surface area contributed by atoms with Gasteiger partial charge < -0.3 is 9.53 Å². The highest BCUT2D eigenvalue weighted by molar-refractivity contribution is 6.25. The number of hydrogen-bond donors (Lipinski definition) is 0. The van der Waals surface area contributed by atoms with E-state index < -0.39 is 23.2 Å². The number of methoxy groups -OCH3 is 1. The Balaban J connectivity index is 1.62. The largest absolute Gasteiger partial charge is 0.495 e. The minimum absolute atomic E-state index is 0.190. The summed E-state index contributed by atoms with van der Waals surface area (Å²) in [4.78, 5) is 54.3. The summed E-state index contributed by atoms with van der Waals surface area (Å²) in [5.74, 6) is -2.66. The highest BCUT2D eigenvalue weighted by Gasteiger charge is 2.68. The zero-order chi connectivity index (χ0) is 23.8. The molecule has 34 heavy (non-hydrogen) atoms. The summed E-state index contributed by atoms with van der Waals surface area (Å²) in [5.41, 5.74) is 2.70. The normalized spacial score (nSPS) is 26.1. The van der Waals surface area contributed by atoms with Gasteiger partial charge in [-0.25, -0.2) is 4.90 Å². The van der Waals surface area contributed by atoms with Gasteiger partial charge in [-0.1, -0.05) is 48.5 Å². The van der Waals surface area contributed by atoms with E-state index in [0.717, 1.165) is 33.4 Å². The monoisotopic (exact) mass is 451 g/mol. The number of anilines is 1. The number of rotatable bonds is 4. The number of ether oxygens (including phenoxy) is 1. The van der Waals surface area contributed by atoms with Crippen molar-refractivity contribution in [2.45, 2.75) is 18.3 Å². The molecule has 2 amide bonds. The van der Waals surface area contributed by atoms with E-state index in [4.69, 9.17) is 4.74 Å². The summed E-state index contributed by atoms with van der Waals surface area (Å²) in [6.07, 6.45) is 0.843. The molecule has 2 atom stereocenters. The average molecular weight is 451 g/mol.